The van der Waals surface area contributed by atoms with Crippen molar-refractivity contribution >= 4 is 11.7 Å². The van der Waals surface area contributed by atoms with E-state index < -0.39 is 0 Å². The SMILES string of the molecule is O=C(Nc1ccc(-c2ccn[nH]2)cc1)N(Cc1cccnc1)C1CCCCC1. The Morgan fingerprint density at radius 3 is 2.57 bits per heavy atom. The molecule has 3 aromatic rings. The van der Waals surface area contributed by atoms with E-state index in [2.05, 4.69) is 20.5 Å². The van der Waals surface area contributed by atoms with Crippen LogP contribution in [0.4, 0.5) is 10.5 Å². The third-order valence-corrected chi connectivity index (χ3v) is 5.30. The molecule has 0 atom stereocenters. The summed E-state index contributed by atoms with van der Waals surface area (Å²) in [6.07, 6.45) is 11.1. The Kier molecular flexibility index (Phi) is 5.66. The van der Waals surface area contributed by atoms with Crippen molar-refractivity contribution in [2.75, 3.05) is 5.32 Å². The van der Waals surface area contributed by atoms with E-state index in [1.54, 1.807) is 12.4 Å². The fourth-order valence-corrected chi connectivity index (χ4v) is 3.79. The molecule has 0 spiro atoms. The molecule has 6 heteroatoms. The Morgan fingerprint density at radius 2 is 1.89 bits per heavy atom. The average Bonchev–Trinajstić information content (AvgIpc) is 3.29. The number of hydrogen-bond donors (Lipinski definition) is 2. The summed E-state index contributed by atoms with van der Waals surface area (Å²) in [5.41, 5.74) is 3.84. The largest absolute Gasteiger partial charge is 0.322 e. The highest BCUT2D eigenvalue weighted by Crippen LogP contribution is 2.25. The van der Waals surface area contributed by atoms with Gasteiger partial charge in [0.05, 0.1) is 5.69 Å². The van der Waals surface area contributed by atoms with Gasteiger partial charge in [0.1, 0.15) is 0 Å². The number of nitrogens with zero attached hydrogens (tertiary/aromatic N) is 3. The Balaban J connectivity index is 1.48. The molecule has 1 aliphatic rings. The molecule has 144 valence electrons. The standard InChI is InChI=1S/C22H25N5O/c28-22(25-19-10-8-18(9-11-19)21-12-14-24-26-21)27(20-6-2-1-3-7-20)16-17-5-4-13-23-15-17/h4-5,8-15,20H,1-3,6-7,16H2,(H,24,26)(H,25,28). The minimum Gasteiger partial charge on any atom is -0.317 e. The number of carbonyl (C=O) groups is 1. The molecule has 28 heavy (non-hydrogen) atoms. The molecule has 1 fully saturated rings. The van der Waals surface area contributed by atoms with Crippen molar-refractivity contribution in [2.24, 2.45) is 0 Å². The first-order valence-electron chi connectivity index (χ1n) is 9.86. The van der Waals surface area contributed by atoms with E-state index in [1.165, 1.54) is 19.3 Å². The number of amides is 2. The van der Waals surface area contributed by atoms with Gasteiger partial charge in [-0.1, -0.05) is 37.5 Å². The van der Waals surface area contributed by atoms with Crippen LogP contribution in [0, 0.1) is 0 Å². The fraction of sp³-hybridized carbons (Fsp3) is 0.318. The van der Waals surface area contributed by atoms with Gasteiger partial charge in [-0.3, -0.25) is 10.1 Å². The van der Waals surface area contributed by atoms with Crippen LogP contribution in [0.2, 0.25) is 0 Å². The van der Waals surface area contributed by atoms with E-state index in [0.717, 1.165) is 35.3 Å². The summed E-state index contributed by atoms with van der Waals surface area (Å²) in [7, 11) is 0. The van der Waals surface area contributed by atoms with Gasteiger partial charge in [-0.05, 0) is 48.2 Å². The van der Waals surface area contributed by atoms with Crippen molar-refractivity contribution in [1.29, 1.82) is 0 Å². The van der Waals surface area contributed by atoms with Gasteiger partial charge >= 0.3 is 6.03 Å². The molecule has 2 aromatic heterocycles. The molecule has 2 N–H and O–H groups in total. The van der Waals surface area contributed by atoms with Gasteiger partial charge in [0, 0.05) is 36.9 Å². The maximum Gasteiger partial charge on any atom is 0.322 e. The van der Waals surface area contributed by atoms with Gasteiger partial charge in [-0.15, -0.1) is 0 Å². The topological polar surface area (TPSA) is 73.9 Å². The molecule has 0 bridgehead atoms. The summed E-state index contributed by atoms with van der Waals surface area (Å²) in [6, 6.07) is 13.9. The van der Waals surface area contributed by atoms with Crippen LogP contribution in [0.15, 0.2) is 61.1 Å². The fourth-order valence-electron chi connectivity index (χ4n) is 3.79. The average molecular weight is 375 g/mol. The van der Waals surface area contributed by atoms with Gasteiger partial charge < -0.3 is 10.2 Å². The molecule has 0 unspecified atom stereocenters. The Hall–Kier alpha value is -3.15. The number of carbonyl (C=O) groups excluding carboxylic acids is 1. The molecule has 0 saturated heterocycles. The molecule has 4 rings (SSSR count). The lowest BCUT2D eigenvalue weighted by atomic mass is 9.94. The number of anilines is 1. The third kappa shape index (κ3) is 4.39. The number of hydrogen-bond acceptors (Lipinski definition) is 3. The zero-order chi connectivity index (χ0) is 19.2. The molecule has 6 nitrogen and oxygen atoms in total. The number of rotatable bonds is 5. The van der Waals surface area contributed by atoms with Gasteiger partial charge in [0.2, 0.25) is 0 Å². The second-order valence-electron chi connectivity index (χ2n) is 7.26. The number of urea groups is 1. The lowest BCUT2D eigenvalue weighted by Gasteiger charge is -2.34. The predicted molar refractivity (Wildman–Crippen MR) is 110 cm³/mol. The minimum atomic E-state index is -0.0509. The first kappa shape index (κ1) is 18.2. The predicted octanol–water partition coefficient (Wildman–Crippen LogP) is 4.84. The van der Waals surface area contributed by atoms with Crippen LogP contribution >= 0.6 is 0 Å². The van der Waals surface area contributed by atoms with Crippen molar-refractivity contribution in [2.45, 2.75) is 44.7 Å². The maximum atomic E-state index is 13.1. The molecule has 2 amide bonds. The molecule has 1 aromatic carbocycles. The molecule has 2 heterocycles. The normalized spacial score (nSPS) is 14.6. The molecule has 0 radical (unpaired) electrons. The number of aromatic amines is 1. The van der Waals surface area contributed by atoms with E-state index in [-0.39, 0.29) is 12.1 Å². The number of H-pyrrole nitrogens is 1. The molecule has 1 saturated carbocycles. The minimum absolute atomic E-state index is 0.0509. The van der Waals surface area contributed by atoms with Crippen molar-refractivity contribution in [1.82, 2.24) is 20.1 Å². The van der Waals surface area contributed by atoms with Crippen LogP contribution in [0.25, 0.3) is 11.3 Å². The van der Waals surface area contributed by atoms with E-state index in [9.17, 15) is 4.79 Å². The third-order valence-electron chi connectivity index (χ3n) is 5.30. The molecular formula is C22H25N5O. The van der Waals surface area contributed by atoms with Crippen LogP contribution < -0.4 is 5.32 Å². The second-order valence-corrected chi connectivity index (χ2v) is 7.26. The van der Waals surface area contributed by atoms with Gasteiger partial charge in [0.15, 0.2) is 0 Å². The summed E-state index contributed by atoms with van der Waals surface area (Å²) >= 11 is 0. The van der Waals surface area contributed by atoms with Gasteiger partial charge in [0.25, 0.3) is 0 Å². The molecule has 0 aliphatic heterocycles. The first-order chi connectivity index (χ1) is 13.8. The van der Waals surface area contributed by atoms with Crippen LogP contribution in [0.3, 0.4) is 0 Å². The number of aromatic nitrogens is 3. The van der Waals surface area contributed by atoms with Crippen LogP contribution in [0.1, 0.15) is 37.7 Å². The molecule has 1 aliphatic carbocycles. The summed E-state index contributed by atoms with van der Waals surface area (Å²) in [6.45, 7) is 0.580. The van der Waals surface area contributed by atoms with E-state index in [4.69, 9.17) is 0 Å². The zero-order valence-electron chi connectivity index (χ0n) is 15.8. The molecular weight excluding hydrogens is 350 g/mol. The zero-order valence-corrected chi connectivity index (χ0v) is 15.8. The lowest BCUT2D eigenvalue weighted by Crippen LogP contribution is -2.43. The number of nitrogens with one attached hydrogen (secondary N) is 2. The van der Waals surface area contributed by atoms with E-state index in [1.807, 2.05) is 53.6 Å². The summed E-state index contributed by atoms with van der Waals surface area (Å²) in [5, 5.41) is 10.0. The highest BCUT2D eigenvalue weighted by molar-refractivity contribution is 5.89. The van der Waals surface area contributed by atoms with Crippen molar-refractivity contribution < 1.29 is 4.79 Å². The van der Waals surface area contributed by atoms with Gasteiger partial charge in [-0.2, -0.15) is 5.10 Å². The number of pyridine rings is 1. The highest BCUT2D eigenvalue weighted by atomic mass is 16.2. The summed E-state index contributed by atoms with van der Waals surface area (Å²) in [5.74, 6) is 0. The Labute approximate surface area is 165 Å². The summed E-state index contributed by atoms with van der Waals surface area (Å²) in [4.78, 5) is 19.3. The van der Waals surface area contributed by atoms with Gasteiger partial charge in [-0.25, -0.2) is 4.79 Å². The van der Waals surface area contributed by atoms with E-state index >= 15 is 0 Å². The smallest absolute Gasteiger partial charge is 0.317 e. The van der Waals surface area contributed by atoms with Crippen molar-refractivity contribution in [3.8, 4) is 11.3 Å². The lowest BCUT2D eigenvalue weighted by molar-refractivity contribution is 0.162. The number of benzene rings is 1. The van der Waals surface area contributed by atoms with Crippen molar-refractivity contribution in [3.05, 3.63) is 66.6 Å². The van der Waals surface area contributed by atoms with Crippen molar-refractivity contribution in [3.63, 3.8) is 0 Å². The Bertz CT molecular complexity index is 871. The maximum absolute atomic E-state index is 13.1. The van der Waals surface area contributed by atoms with Crippen LogP contribution in [-0.4, -0.2) is 32.2 Å². The summed E-state index contributed by atoms with van der Waals surface area (Å²) < 4.78 is 0. The highest BCUT2D eigenvalue weighted by Gasteiger charge is 2.25. The van der Waals surface area contributed by atoms with Crippen LogP contribution in [-0.2, 0) is 6.54 Å². The van der Waals surface area contributed by atoms with Crippen LogP contribution in [0.5, 0.6) is 0 Å². The monoisotopic (exact) mass is 375 g/mol. The second kappa shape index (κ2) is 8.69. The Morgan fingerprint density at radius 1 is 1.07 bits per heavy atom. The van der Waals surface area contributed by atoms with E-state index in [0.29, 0.717) is 6.54 Å². The first-order valence-corrected chi connectivity index (χ1v) is 9.86. The quantitative estimate of drug-likeness (QED) is 0.670.